The summed E-state index contributed by atoms with van der Waals surface area (Å²) in [5.74, 6) is -0.297. The van der Waals surface area contributed by atoms with Crippen molar-refractivity contribution in [3.8, 4) is 34.6 Å². The van der Waals surface area contributed by atoms with Crippen LogP contribution >= 0.6 is 0 Å². The smallest absolute Gasteiger partial charge is 0.319 e. The van der Waals surface area contributed by atoms with Crippen molar-refractivity contribution < 1.29 is 19.7 Å². The predicted molar refractivity (Wildman–Crippen MR) is 114 cm³/mol. The number of phenols is 1. The lowest BCUT2D eigenvalue weighted by Gasteiger charge is -2.14. The molecule has 160 valence electrons. The van der Waals surface area contributed by atoms with Crippen LogP contribution in [0.3, 0.4) is 0 Å². The molecule has 0 aliphatic heterocycles. The number of hydrogen-bond donors (Lipinski definition) is 2. The zero-order valence-corrected chi connectivity index (χ0v) is 17.7. The van der Waals surface area contributed by atoms with Gasteiger partial charge in [-0.05, 0) is 30.2 Å². The van der Waals surface area contributed by atoms with Crippen molar-refractivity contribution in [2.75, 3.05) is 0 Å². The third-order valence-corrected chi connectivity index (χ3v) is 5.10. The molecule has 0 saturated carbocycles. The molecule has 0 amide bonds. The van der Waals surface area contributed by atoms with E-state index in [1.165, 1.54) is 10.6 Å². The molecule has 2 N–H and O–H groups in total. The Morgan fingerprint density at radius 2 is 1.97 bits per heavy atom. The molecule has 0 radical (unpaired) electrons. The second-order valence-corrected chi connectivity index (χ2v) is 7.57. The molecule has 0 aliphatic carbocycles. The van der Waals surface area contributed by atoms with Gasteiger partial charge in [0.05, 0.1) is 29.0 Å². The van der Waals surface area contributed by atoms with Crippen LogP contribution in [-0.4, -0.2) is 40.5 Å². The summed E-state index contributed by atoms with van der Waals surface area (Å²) in [5.41, 5.74) is 3.15. The Morgan fingerprint density at radius 3 is 2.68 bits per heavy atom. The molecule has 9 nitrogen and oxygen atoms in total. The molecule has 0 bridgehead atoms. The van der Waals surface area contributed by atoms with E-state index in [0.717, 1.165) is 5.52 Å². The third kappa shape index (κ3) is 3.48. The van der Waals surface area contributed by atoms with Crippen molar-refractivity contribution >= 4 is 17.0 Å². The fourth-order valence-electron chi connectivity index (χ4n) is 3.39. The number of esters is 1. The maximum absolute atomic E-state index is 12.0. The van der Waals surface area contributed by atoms with Crippen molar-refractivity contribution in [3.63, 3.8) is 0 Å². The zero-order valence-electron chi connectivity index (χ0n) is 17.7. The van der Waals surface area contributed by atoms with Gasteiger partial charge in [-0.2, -0.15) is 0 Å². The number of carbonyl (C=O) groups excluding carboxylic acids is 1. The van der Waals surface area contributed by atoms with Gasteiger partial charge in [-0.3, -0.25) is 4.79 Å². The summed E-state index contributed by atoms with van der Waals surface area (Å²) in [4.78, 5) is 16.5. The maximum Gasteiger partial charge on any atom is 0.319 e. The molecule has 4 aromatic rings. The Kier molecular flexibility index (Phi) is 5.10. The fourth-order valence-corrected chi connectivity index (χ4v) is 3.39. The molecule has 0 saturated heterocycles. The SMILES string of the molecule is CCc1cc(-c2nnc(O)n2-c2cccc3c2ncn3C)c(O)cc1OC(=O)C(C)C. The summed E-state index contributed by atoms with van der Waals surface area (Å²) in [6, 6.07) is 8.30. The molecule has 2 aromatic heterocycles. The van der Waals surface area contributed by atoms with Gasteiger partial charge in [0.25, 0.3) is 0 Å². The highest BCUT2D eigenvalue weighted by molar-refractivity contribution is 5.86. The first-order valence-corrected chi connectivity index (χ1v) is 9.94. The molecule has 0 spiro atoms. The first-order chi connectivity index (χ1) is 14.8. The molecule has 2 aromatic carbocycles. The second-order valence-electron chi connectivity index (χ2n) is 7.57. The molecule has 2 heterocycles. The number of carbonyl (C=O) groups is 1. The van der Waals surface area contributed by atoms with Gasteiger partial charge in [0, 0.05) is 13.1 Å². The van der Waals surface area contributed by atoms with Crippen LogP contribution in [0.15, 0.2) is 36.7 Å². The summed E-state index contributed by atoms with van der Waals surface area (Å²) < 4.78 is 8.75. The lowest BCUT2D eigenvalue weighted by molar-refractivity contribution is -0.137. The minimum absolute atomic E-state index is 0.148. The lowest BCUT2D eigenvalue weighted by Crippen LogP contribution is -2.15. The van der Waals surface area contributed by atoms with E-state index >= 15 is 0 Å². The van der Waals surface area contributed by atoms with Crippen molar-refractivity contribution in [3.05, 3.63) is 42.2 Å². The molecule has 4 rings (SSSR count). The molecule has 31 heavy (non-hydrogen) atoms. The lowest BCUT2D eigenvalue weighted by atomic mass is 10.1. The van der Waals surface area contributed by atoms with E-state index in [0.29, 0.717) is 34.5 Å². The quantitative estimate of drug-likeness (QED) is 0.375. The Bertz CT molecular complexity index is 1290. The monoisotopic (exact) mass is 421 g/mol. The summed E-state index contributed by atoms with van der Waals surface area (Å²) >= 11 is 0. The number of imidazole rings is 1. The van der Waals surface area contributed by atoms with Crippen LogP contribution in [-0.2, 0) is 18.3 Å². The fraction of sp³-hybridized carbons (Fsp3) is 0.273. The van der Waals surface area contributed by atoms with Gasteiger partial charge in [0.1, 0.15) is 17.0 Å². The largest absolute Gasteiger partial charge is 0.507 e. The normalized spacial score (nSPS) is 11.4. The molecule has 9 heteroatoms. The summed E-state index contributed by atoms with van der Waals surface area (Å²) in [5, 5.41) is 29.1. The van der Waals surface area contributed by atoms with Gasteiger partial charge in [0.2, 0.25) is 0 Å². The summed E-state index contributed by atoms with van der Waals surface area (Å²) in [6.45, 7) is 5.40. The van der Waals surface area contributed by atoms with Gasteiger partial charge in [-0.15, -0.1) is 5.10 Å². The van der Waals surface area contributed by atoms with Gasteiger partial charge in [-0.1, -0.05) is 31.9 Å². The standard InChI is InChI=1S/C22H23N5O4/c1-5-13-9-14(17(28)10-18(13)31-21(29)12(2)3)20-24-25-22(30)27(20)16-8-6-7-15-19(16)23-11-26(15)4/h6-12,28H,5H2,1-4H3,(H,25,30). The van der Waals surface area contributed by atoms with Gasteiger partial charge in [-0.25, -0.2) is 9.55 Å². The van der Waals surface area contributed by atoms with Crippen molar-refractivity contribution in [2.24, 2.45) is 13.0 Å². The second kappa shape index (κ2) is 7.75. The Morgan fingerprint density at radius 1 is 1.19 bits per heavy atom. The molecular formula is C22H23N5O4. The highest BCUT2D eigenvalue weighted by Crippen LogP contribution is 2.38. The summed E-state index contributed by atoms with van der Waals surface area (Å²) in [6.07, 6.45) is 2.24. The van der Waals surface area contributed by atoms with E-state index in [2.05, 4.69) is 15.2 Å². The molecular weight excluding hydrogens is 398 g/mol. The van der Waals surface area contributed by atoms with Crippen molar-refractivity contribution in [1.82, 2.24) is 24.3 Å². The molecule has 0 atom stereocenters. The zero-order chi connectivity index (χ0) is 22.3. The van der Waals surface area contributed by atoms with Crippen molar-refractivity contribution in [1.29, 1.82) is 0 Å². The number of aryl methyl sites for hydroxylation is 2. The highest BCUT2D eigenvalue weighted by Gasteiger charge is 2.23. The Hall–Kier alpha value is -3.88. The number of aromatic nitrogens is 5. The number of aromatic hydroxyl groups is 2. The molecule has 0 fully saturated rings. The van der Waals surface area contributed by atoms with E-state index < -0.39 is 0 Å². The predicted octanol–water partition coefficient (Wildman–Crippen LogP) is 3.36. The van der Waals surface area contributed by atoms with Crippen LogP contribution in [0.25, 0.3) is 28.1 Å². The molecule has 0 aliphatic rings. The van der Waals surface area contributed by atoms with E-state index in [-0.39, 0.29) is 29.5 Å². The Balaban J connectivity index is 1.88. The van der Waals surface area contributed by atoms with Crippen LogP contribution in [0.1, 0.15) is 26.3 Å². The number of rotatable bonds is 5. The van der Waals surface area contributed by atoms with E-state index in [9.17, 15) is 15.0 Å². The van der Waals surface area contributed by atoms with Crippen LogP contribution in [0.2, 0.25) is 0 Å². The van der Waals surface area contributed by atoms with E-state index in [4.69, 9.17) is 4.74 Å². The topological polar surface area (TPSA) is 115 Å². The maximum atomic E-state index is 12.0. The minimum atomic E-state index is -0.385. The minimum Gasteiger partial charge on any atom is -0.507 e. The van der Waals surface area contributed by atoms with Gasteiger partial charge in [0.15, 0.2) is 5.82 Å². The number of hydrogen-bond acceptors (Lipinski definition) is 7. The van der Waals surface area contributed by atoms with E-state index in [1.54, 1.807) is 32.3 Å². The number of nitrogens with zero attached hydrogens (tertiary/aromatic N) is 5. The van der Waals surface area contributed by atoms with Crippen LogP contribution in [0.5, 0.6) is 17.5 Å². The first kappa shape index (κ1) is 20.4. The van der Waals surface area contributed by atoms with Crippen LogP contribution in [0.4, 0.5) is 0 Å². The van der Waals surface area contributed by atoms with Crippen LogP contribution < -0.4 is 4.74 Å². The number of benzene rings is 2. The average molecular weight is 421 g/mol. The van der Waals surface area contributed by atoms with E-state index in [1.807, 2.05) is 30.7 Å². The average Bonchev–Trinajstić information content (AvgIpc) is 3.31. The number of phenolic OH excluding ortho intramolecular Hbond substituents is 1. The Labute approximate surface area is 178 Å². The van der Waals surface area contributed by atoms with Gasteiger partial charge < -0.3 is 19.5 Å². The van der Waals surface area contributed by atoms with Crippen molar-refractivity contribution in [2.45, 2.75) is 27.2 Å². The highest BCUT2D eigenvalue weighted by atomic mass is 16.5. The first-order valence-electron chi connectivity index (χ1n) is 9.94. The van der Waals surface area contributed by atoms with Crippen LogP contribution in [0, 0.1) is 5.92 Å². The summed E-state index contributed by atoms with van der Waals surface area (Å²) in [7, 11) is 1.88. The third-order valence-electron chi connectivity index (χ3n) is 5.10. The number of para-hydroxylation sites is 1. The molecule has 0 unspecified atom stereocenters. The number of ether oxygens (including phenoxy) is 1. The number of fused-ring (bicyclic) bond motifs is 1. The van der Waals surface area contributed by atoms with Gasteiger partial charge >= 0.3 is 12.0 Å².